The molecular formula is C13H15N3O3S. The molecule has 1 aromatic rings. The van der Waals surface area contributed by atoms with Gasteiger partial charge in [0.2, 0.25) is 5.90 Å². The summed E-state index contributed by atoms with van der Waals surface area (Å²) in [4.78, 5) is 1.86. The quantitative estimate of drug-likeness (QED) is 0.787. The van der Waals surface area contributed by atoms with Crippen LogP contribution in [0.1, 0.15) is 24.8 Å². The number of likely N-dealkylation sites (tertiary alicyclic amines) is 1. The third-order valence-electron chi connectivity index (χ3n) is 3.23. The molecule has 0 bridgehead atoms. The fourth-order valence-corrected chi connectivity index (χ4v) is 2.99. The van der Waals surface area contributed by atoms with Gasteiger partial charge in [-0.25, -0.2) is 0 Å². The van der Waals surface area contributed by atoms with Gasteiger partial charge in [0.25, 0.3) is 0 Å². The van der Waals surface area contributed by atoms with Crippen LogP contribution in [0.5, 0.6) is 0 Å². The summed E-state index contributed by atoms with van der Waals surface area (Å²) < 4.78 is 36.4. The van der Waals surface area contributed by atoms with Crippen LogP contribution < -0.4 is 0 Å². The van der Waals surface area contributed by atoms with Crippen LogP contribution in [-0.4, -0.2) is 38.3 Å². The maximum atomic E-state index is 11.8. The highest BCUT2D eigenvalue weighted by molar-refractivity contribution is 7.89. The summed E-state index contributed by atoms with van der Waals surface area (Å²) in [5, 5.41) is 0. The Morgan fingerprint density at radius 1 is 1.00 bits per heavy atom. The van der Waals surface area contributed by atoms with E-state index in [0.717, 1.165) is 32.4 Å². The van der Waals surface area contributed by atoms with Crippen molar-refractivity contribution in [3.05, 3.63) is 35.9 Å². The van der Waals surface area contributed by atoms with Crippen molar-refractivity contribution in [2.45, 2.75) is 19.3 Å². The molecule has 6 nitrogen and oxygen atoms in total. The molecular weight excluding hydrogens is 278 g/mol. The van der Waals surface area contributed by atoms with E-state index >= 15 is 0 Å². The first-order chi connectivity index (χ1) is 9.64. The van der Waals surface area contributed by atoms with Crippen molar-refractivity contribution in [1.82, 2.24) is 4.90 Å². The highest BCUT2D eigenvalue weighted by atomic mass is 32.2. The van der Waals surface area contributed by atoms with Crippen molar-refractivity contribution >= 4 is 22.1 Å². The third-order valence-corrected chi connectivity index (χ3v) is 4.01. The van der Waals surface area contributed by atoms with Crippen molar-refractivity contribution in [1.29, 1.82) is 0 Å². The molecule has 2 heterocycles. The van der Waals surface area contributed by atoms with Gasteiger partial charge in [-0.15, -0.1) is 4.40 Å². The highest BCUT2D eigenvalue weighted by Crippen LogP contribution is 2.17. The Morgan fingerprint density at radius 3 is 2.40 bits per heavy atom. The molecule has 1 aromatic carbocycles. The van der Waals surface area contributed by atoms with E-state index < -0.39 is 10.2 Å². The van der Waals surface area contributed by atoms with Gasteiger partial charge in [-0.05, 0) is 31.4 Å². The molecule has 7 heteroatoms. The first kappa shape index (κ1) is 13.1. The molecule has 0 amide bonds. The minimum atomic E-state index is -3.87. The fourth-order valence-electron chi connectivity index (χ4n) is 2.25. The second kappa shape index (κ2) is 5.24. The van der Waals surface area contributed by atoms with Crippen LogP contribution in [0, 0.1) is 0 Å². The van der Waals surface area contributed by atoms with Crippen LogP contribution in [-0.2, 0) is 14.9 Å². The molecule has 0 aliphatic carbocycles. The summed E-state index contributed by atoms with van der Waals surface area (Å²) in [6, 6.07) is 9.11. The molecule has 20 heavy (non-hydrogen) atoms. The minimum Gasteiger partial charge on any atom is -0.405 e. The Kier molecular flexibility index (Phi) is 3.43. The molecule has 3 rings (SSSR count). The molecule has 1 fully saturated rings. The average molecular weight is 293 g/mol. The molecule has 0 saturated carbocycles. The highest BCUT2D eigenvalue weighted by Gasteiger charge is 2.27. The number of amidine groups is 1. The Bertz CT molecular complexity index is 647. The summed E-state index contributed by atoms with van der Waals surface area (Å²) in [7, 11) is -3.87. The Balaban J connectivity index is 1.90. The van der Waals surface area contributed by atoms with E-state index in [9.17, 15) is 8.42 Å². The Labute approximate surface area is 118 Å². The van der Waals surface area contributed by atoms with E-state index in [0.29, 0.717) is 5.56 Å². The first-order valence-electron chi connectivity index (χ1n) is 6.57. The van der Waals surface area contributed by atoms with Gasteiger partial charge in [0, 0.05) is 18.7 Å². The van der Waals surface area contributed by atoms with E-state index in [-0.39, 0.29) is 11.9 Å². The predicted molar refractivity (Wildman–Crippen MR) is 75.8 cm³/mol. The lowest BCUT2D eigenvalue weighted by atomic mass is 10.1. The number of piperidine rings is 1. The normalized spacial score (nSPS) is 21.7. The fraction of sp³-hybridized carbons (Fsp3) is 0.385. The molecule has 2 aliphatic rings. The summed E-state index contributed by atoms with van der Waals surface area (Å²) in [5.74, 6) is 0.0844. The molecule has 0 atom stereocenters. The zero-order chi connectivity index (χ0) is 14.0. The average Bonchev–Trinajstić information content (AvgIpc) is 2.47. The summed E-state index contributed by atoms with van der Waals surface area (Å²) in [6.07, 6.45) is 3.18. The van der Waals surface area contributed by atoms with Crippen molar-refractivity contribution in [2.24, 2.45) is 8.80 Å². The molecule has 1 saturated heterocycles. The Morgan fingerprint density at radius 2 is 1.70 bits per heavy atom. The monoisotopic (exact) mass is 293 g/mol. The third kappa shape index (κ3) is 2.82. The lowest BCUT2D eigenvalue weighted by Gasteiger charge is -2.29. The van der Waals surface area contributed by atoms with Gasteiger partial charge in [-0.2, -0.15) is 8.42 Å². The van der Waals surface area contributed by atoms with E-state index in [1.54, 1.807) is 24.3 Å². The van der Waals surface area contributed by atoms with Crippen molar-refractivity contribution < 1.29 is 13.2 Å². The molecule has 0 radical (unpaired) electrons. The number of nitrogens with zero attached hydrogens (tertiary/aromatic N) is 3. The summed E-state index contributed by atoms with van der Waals surface area (Å²) in [5.41, 5.74) is 0.625. The summed E-state index contributed by atoms with van der Waals surface area (Å²) in [6.45, 7) is 1.52. The second-order valence-electron chi connectivity index (χ2n) is 4.73. The van der Waals surface area contributed by atoms with Crippen LogP contribution >= 0.6 is 0 Å². The lowest BCUT2D eigenvalue weighted by Crippen LogP contribution is -2.40. The maximum absolute atomic E-state index is 11.8. The molecule has 0 aromatic heterocycles. The van der Waals surface area contributed by atoms with Gasteiger partial charge < -0.3 is 9.64 Å². The molecule has 2 aliphatic heterocycles. The Hall–Kier alpha value is -1.89. The topological polar surface area (TPSA) is 71.3 Å². The molecule has 106 valence electrons. The van der Waals surface area contributed by atoms with Gasteiger partial charge in [0.15, 0.2) is 0 Å². The minimum absolute atomic E-state index is 0.0844. The van der Waals surface area contributed by atoms with E-state index in [1.165, 1.54) is 0 Å². The maximum Gasteiger partial charge on any atom is 0.370 e. The predicted octanol–water partition coefficient (Wildman–Crippen LogP) is 1.55. The van der Waals surface area contributed by atoms with Gasteiger partial charge >= 0.3 is 16.2 Å². The molecule has 0 N–H and O–H groups in total. The number of rotatable bonds is 1. The van der Waals surface area contributed by atoms with Gasteiger partial charge in [-0.3, -0.25) is 0 Å². The first-order valence-corrected chi connectivity index (χ1v) is 7.97. The van der Waals surface area contributed by atoms with Gasteiger partial charge in [0.05, 0.1) is 0 Å². The van der Waals surface area contributed by atoms with Crippen LogP contribution in [0.15, 0.2) is 39.1 Å². The number of ether oxygens (including phenoxy) is 1. The summed E-state index contributed by atoms with van der Waals surface area (Å²) >= 11 is 0. The molecule has 0 spiro atoms. The standard InChI is InChI=1S/C13H15N3O3S/c17-20(18)14-12(11-7-3-1-4-8-11)19-13(15-20)16-9-5-2-6-10-16/h1,3-4,7-8H,2,5-6,9-10H2. The second-order valence-corrected chi connectivity index (χ2v) is 5.99. The molecule has 0 unspecified atom stereocenters. The van der Waals surface area contributed by atoms with E-state index in [1.807, 2.05) is 11.0 Å². The van der Waals surface area contributed by atoms with E-state index in [4.69, 9.17) is 4.74 Å². The van der Waals surface area contributed by atoms with Crippen molar-refractivity contribution in [3.63, 3.8) is 0 Å². The van der Waals surface area contributed by atoms with Gasteiger partial charge in [-0.1, -0.05) is 22.6 Å². The van der Waals surface area contributed by atoms with Crippen LogP contribution in [0.25, 0.3) is 0 Å². The zero-order valence-corrected chi connectivity index (χ0v) is 11.7. The van der Waals surface area contributed by atoms with Crippen molar-refractivity contribution in [3.8, 4) is 0 Å². The number of hydrogen-bond acceptors (Lipinski definition) is 4. The number of benzene rings is 1. The zero-order valence-electron chi connectivity index (χ0n) is 10.9. The smallest absolute Gasteiger partial charge is 0.370 e. The van der Waals surface area contributed by atoms with Gasteiger partial charge in [0.1, 0.15) is 0 Å². The SMILES string of the molecule is O=S1(=O)N=C(c2ccccc2)OC(N2CCCCC2)=N1. The van der Waals surface area contributed by atoms with E-state index in [2.05, 4.69) is 8.80 Å². The lowest BCUT2D eigenvalue weighted by molar-refractivity contribution is 0.288. The van der Waals surface area contributed by atoms with Crippen molar-refractivity contribution in [2.75, 3.05) is 13.1 Å². The van der Waals surface area contributed by atoms with Crippen LogP contribution in [0.3, 0.4) is 0 Å². The largest absolute Gasteiger partial charge is 0.405 e. The van der Waals surface area contributed by atoms with Crippen LogP contribution in [0.4, 0.5) is 0 Å². The number of hydrogen-bond donors (Lipinski definition) is 0. The van der Waals surface area contributed by atoms with Crippen LogP contribution in [0.2, 0.25) is 0 Å².